The van der Waals surface area contributed by atoms with Crippen LogP contribution in [-0.4, -0.2) is 30.1 Å². The molecular formula is C18H23FN4O. The van der Waals surface area contributed by atoms with Crippen molar-refractivity contribution in [3.05, 3.63) is 60.2 Å². The molecule has 2 aromatic rings. The van der Waals surface area contributed by atoms with Gasteiger partial charge >= 0.3 is 0 Å². The number of nitrogens with zero attached hydrogens (tertiary/aromatic N) is 2. The lowest BCUT2D eigenvalue weighted by Crippen LogP contribution is -2.34. The van der Waals surface area contributed by atoms with E-state index in [0.717, 1.165) is 12.1 Å². The minimum Gasteiger partial charge on any atom is -0.485 e. The summed E-state index contributed by atoms with van der Waals surface area (Å²) in [5.74, 6) is 0.212. The molecule has 1 atom stereocenters. The summed E-state index contributed by atoms with van der Waals surface area (Å²) in [5, 5.41) is 3.04. The predicted octanol–water partition coefficient (Wildman–Crippen LogP) is 2.53. The van der Waals surface area contributed by atoms with E-state index in [2.05, 4.69) is 15.3 Å². The van der Waals surface area contributed by atoms with Gasteiger partial charge in [0.15, 0.2) is 17.5 Å². The maximum atomic E-state index is 13.6. The highest BCUT2D eigenvalue weighted by Gasteiger charge is 2.10. The van der Waals surface area contributed by atoms with E-state index in [1.54, 1.807) is 24.4 Å². The summed E-state index contributed by atoms with van der Waals surface area (Å²) in [6, 6.07) is 12.1. The summed E-state index contributed by atoms with van der Waals surface area (Å²) in [6.07, 6.45) is 3.01. The summed E-state index contributed by atoms with van der Waals surface area (Å²) in [7, 11) is 0. The molecule has 0 amide bonds. The Labute approximate surface area is 141 Å². The van der Waals surface area contributed by atoms with Crippen LogP contribution in [0.1, 0.15) is 19.0 Å². The van der Waals surface area contributed by atoms with E-state index in [9.17, 15) is 4.39 Å². The number of aromatic nitrogens is 1. The Morgan fingerprint density at radius 3 is 2.79 bits per heavy atom. The third kappa shape index (κ3) is 5.87. The molecule has 1 unspecified atom stereocenters. The molecule has 0 aliphatic carbocycles. The lowest BCUT2D eigenvalue weighted by Gasteiger charge is -2.16. The monoisotopic (exact) mass is 330 g/mol. The van der Waals surface area contributed by atoms with Gasteiger partial charge in [-0.15, -0.1) is 0 Å². The molecule has 1 aromatic carbocycles. The highest BCUT2D eigenvalue weighted by Crippen LogP contribution is 2.18. The first-order valence-electron chi connectivity index (χ1n) is 8.04. The number of hydrogen-bond acceptors (Lipinski definition) is 3. The van der Waals surface area contributed by atoms with Crippen molar-refractivity contribution in [2.75, 3.05) is 13.1 Å². The van der Waals surface area contributed by atoms with Crippen LogP contribution in [0.2, 0.25) is 0 Å². The molecule has 24 heavy (non-hydrogen) atoms. The lowest BCUT2D eigenvalue weighted by molar-refractivity contribution is 0.197. The van der Waals surface area contributed by atoms with E-state index in [1.807, 2.05) is 25.1 Å². The Bertz CT molecular complexity index is 648. The summed E-state index contributed by atoms with van der Waals surface area (Å²) in [6.45, 7) is 2.98. The Morgan fingerprint density at radius 2 is 2.08 bits per heavy atom. The molecule has 0 saturated carbocycles. The van der Waals surface area contributed by atoms with Crippen LogP contribution in [0.15, 0.2) is 53.7 Å². The van der Waals surface area contributed by atoms with Crippen molar-refractivity contribution < 1.29 is 9.13 Å². The second-order valence-electron chi connectivity index (χ2n) is 5.30. The molecule has 0 radical (unpaired) electrons. The van der Waals surface area contributed by atoms with Gasteiger partial charge in [0.05, 0.1) is 6.54 Å². The third-order valence-electron chi connectivity index (χ3n) is 3.46. The summed E-state index contributed by atoms with van der Waals surface area (Å²) in [4.78, 5) is 8.51. The van der Waals surface area contributed by atoms with Gasteiger partial charge in [0.1, 0.15) is 6.10 Å². The number of hydrogen-bond donors (Lipinski definition) is 2. The van der Waals surface area contributed by atoms with Crippen LogP contribution in [0.3, 0.4) is 0 Å². The van der Waals surface area contributed by atoms with Crippen LogP contribution in [-0.2, 0) is 6.42 Å². The number of nitrogens with two attached hydrogens (primary N) is 1. The van der Waals surface area contributed by atoms with Crippen LogP contribution >= 0.6 is 0 Å². The minimum atomic E-state index is -0.374. The Balaban J connectivity index is 1.78. The van der Waals surface area contributed by atoms with Gasteiger partial charge in [-0.2, -0.15) is 0 Å². The zero-order valence-electron chi connectivity index (χ0n) is 13.8. The van der Waals surface area contributed by atoms with E-state index in [-0.39, 0.29) is 17.7 Å². The van der Waals surface area contributed by atoms with E-state index in [1.165, 1.54) is 6.07 Å². The third-order valence-corrected chi connectivity index (χ3v) is 3.46. The molecule has 128 valence electrons. The van der Waals surface area contributed by atoms with Crippen LogP contribution in [0.4, 0.5) is 4.39 Å². The Kier molecular flexibility index (Phi) is 7.01. The standard InChI is InChI=1S/C18H23FN4O/c1-2-15(24-17-9-4-3-8-16(17)19)13-23-18(20)22-12-10-14-7-5-6-11-21-14/h3-9,11,15H,2,10,12-13H2,1H3,(H3,20,22,23). The fraction of sp³-hybridized carbons (Fsp3) is 0.333. The number of para-hydroxylation sites is 1. The lowest BCUT2D eigenvalue weighted by atomic mass is 10.2. The molecule has 5 nitrogen and oxygen atoms in total. The van der Waals surface area contributed by atoms with Crippen molar-refractivity contribution in [1.29, 1.82) is 0 Å². The van der Waals surface area contributed by atoms with Crippen LogP contribution in [0.5, 0.6) is 5.75 Å². The predicted molar refractivity (Wildman–Crippen MR) is 93.5 cm³/mol. The average molecular weight is 330 g/mol. The highest BCUT2D eigenvalue weighted by molar-refractivity contribution is 5.77. The molecular weight excluding hydrogens is 307 g/mol. The number of guanidine groups is 1. The number of benzene rings is 1. The van der Waals surface area contributed by atoms with Crippen molar-refractivity contribution in [3.63, 3.8) is 0 Å². The summed E-state index contributed by atoms with van der Waals surface area (Å²) < 4.78 is 19.3. The smallest absolute Gasteiger partial charge is 0.188 e. The van der Waals surface area contributed by atoms with Crippen molar-refractivity contribution in [2.45, 2.75) is 25.9 Å². The number of rotatable bonds is 8. The minimum absolute atomic E-state index is 0.224. The second-order valence-corrected chi connectivity index (χ2v) is 5.30. The second kappa shape index (κ2) is 9.50. The fourth-order valence-corrected chi connectivity index (χ4v) is 2.09. The fourth-order valence-electron chi connectivity index (χ4n) is 2.09. The number of nitrogens with one attached hydrogen (secondary N) is 1. The number of aliphatic imine (C=N–C) groups is 1. The summed E-state index contributed by atoms with van der Waals surface area (Å²) >= 11 is 0. The van der Waals surface area contributed by atoms with Crippen LogP contribution < -0.4 is 15.8 Å². The molecule has 0 fully saturated rings. The molecule has 2 rings (SSSR count). The van der Waals surface area contributed by atoms with Crippen molar-refractivity contribution in [3.8, 4) is 5.75 Å². The Morgan fingerprint density at radius 1 is 1.29 bits per heavy atom. The average Bonchev–Trinajstić information content (AvgIpc) is 2.61. The van der Waals surface area contributed by atoms with E-state index in [0.29, 0.717) is 25.5 Å². The first-order chi connectivity index (χ1) is 11.7. The van der Waals surface area contributed by atoms with Crippen LogP contribution in [0.25, 0.3) is 0 Å². The number of halogens is 1. The van der Waals surface area contributed by atoms with E-state index in [4.69, 9.17) is 10.5 Å². The highest BCUT2D eigenvalue weighted by atomic mass is 19.1. The molecule has 1 aromatic heterocycles. The van der Waals surface area contributed by atoms with Gasteiger partial charge in [0, 0.05) is 24.9 Å². The van der Waals surface area contributed by atoms with E-state index < -0.39 is 0 Å². The van der Waals surface area contributed by atoms with Crippen molar-refractivity contribution >= 4 is 5.96 Å². The first-order valence-corrected chi connectivity index (χ1v) is 8.04. The molecule has 0 aliphatic heterocycles. The molecule has 0 saturated heterocycles. The number of pyridine rings is 1. The van der Waals surface area contributed by atoms with Gasteiger partial charge in [-0.25, -0.2) is 9.38 Å². The SMILES string of the molecule is CCC(CN=C(N)NCCc1ccccn1)Oc1ccccc1F. The molecule has 0 bridgehead atoms. The molecule has 6 heteroatoms. The topological polar surface area (TPSA) is 72.5 Å². The number of ether oxygens (including phenoxy) is 1. The van der Waals surface area contributed by atoms with Crippen LogP contribution in [0, 0.1) is 5.82 Å². The molecule has 0 spiro atoms. The van der Waals surface area contributed by atoms with Crippen molar-refractivity contribution in [2.24, 2.45) is 10.7 Å². The van der Waals surface area contributed by atoms with Gasteiger partial charge < -0.3 is 15.8 Å². The van der Waals surface area contributed by atoms with Crippen molar-refractivity contribution in [1.82, 2.24) is 10.3 Å². The van der Waals surface area contributed by atoms with Gasteiger partial charge in [0.2, 0.25) is 0 Å². The molecule has 1 heterocycles. The zero-order chi connectivity index (χ0) is 17.2. The maximum absolute atomic E-state index is 13.6. The zero-order valence-corrected chi connectivity index (χ0v) is 13.8. The van der Waals surface area contributed by atoms with Gasteiger partial charge in [-0.3, -0.25) is 4.98 Å². The molecule has 3 N–H and O–H groups in total. The maximum Gasteiger partial charge on any atom is 0.188 e. The normalized spacial score (nSPS) is 12.7. The Hall–Kier alpha value is -2.63. The first kappa shape index (κ1) is 17.7. The largest absolute Gasteiger partial charge is 0.485 e. The molecule has 0 aliphatic rings. The van der Waals surface area contributed by atoms with E-state index >= 15 is 0 Å². The van der Waals surface area contributed by atoms with Gasteiger partial charge in [-0.1, -0.05) is 25.1 Å². The quantitative estimate of drug-likeness (QED) is 0.576. The summed E-state index contributed by atoms with van der Waals surface area (Å²) in [5.41, 5.74) is 6.85. The van der Waals surface area contributed by atoms with Gasteiger partial charge in [-0.05, 0) is 30.7 Å². The van der Waals surface area contributed by atoms with Gasteiger partial charge in [0.25, 0.3) is 0 Å².